The zero-order valence-electron chi connectivity index (χ0n) is 26.5. The molecule has 0 amide bonds. The van der Waals surface area contributed by atoms with Gasteiger partial charge >= 0.3 is 70.8 Å². The van der Waals surface area contributed by atoms with E-state index in [1.165, 1.54) is 66.1 Å². The van der Waals surface area contributed by atoms with Crippen LogP contribution in [0.2, 0.25) is 6.55 Å². The van der Waals surface area contributed by atoms with Gasteiger partial charge in [0.1, 0.15) is 0 Å². The molecule has 0 aliphatic rings. The molecule has 7 aromatic rings. The Morgan fingerprint density at radius 3 is 1.18 bits per heavy atom. The van der Waals surface area contributed by atoms with E-state index >= 15 is 0 Å². The van der Waals surface area contributed by atoms with Gasteiger partial charge in [0.25, 0.3) is 0 Å². The van der Waals surface area contributed by atoms with Crippen LogP contribution in [0, 0.1) is 27.7 Å². The average molecular weight is 721 g/mol. The van der Waals surface area contributed by atoms with Crippen LogP contribution < -0.4 is 30.0 Å². The fraction of sp³-hybridized carbons (Fsp3) is 0.122. The molecule has 4 heteroatoms. The summed E-state index contributed by atoms with van der Waals surface area (Å²) in [6.45, 7) is 11.1. The molecule has 0 aromatic heterocycles. The molecule has 0 saturated heterocycles. The maximum atomic E-state index is 2.35. The molecule has 0 heterocycles. The first kappa shape index (κ1) is 36.5. The van der Waals surface area contributed by atoms with Crippen LogP contribution >= 0.6 is 0 Å². The van der Waals surface area contributed by atoms with Gasteiger partial charge in [-0.3, -0.25) is 0 Å². The molecule has 0 aliphatic heterocycles. The summed E-state index contributed by atoms with van der Waals surface area (Å²) in [6.07, 6.45) is 0. The van der Waals surface area contributed by atoms with Gasteiger partial charge in [-0.05, 0) is 27.7 Å². The van der Waals surface area contributed by atoms with Gasteiger partial charge in [-0.1, -0.05) is 106 Å². The molecule has 7 aromatic carbocycles. The van der Waals surface area contributed by atoms with Gasteiger partial charge in [-0.2, -0.15) is 0 Å². The number of halogens is 2. The van der Waals surface area contributed by atoms with Crippen molar-refractivity contribution in [3.63, 3.8) is 0 Å². The monoisotopic (exact) mass is 718 g/mol. The van der Waals surface area contributed by atoms with Crippen molar-refractivity contribution < 1.29 is 48.1 Å². The fourth-order valence-corrected chi connectivity index (χ4v) is 7.29. The third kappa shape index (κ3) is 9.05. The van der Waals surface area contributed by atoms with Crippen LogP contribution in [0.3, 0.4) is 0 Å². The molecule has 0 unspecified atom stereocenters. The van der Waals surface area contributed by atoms with E-state index in [1.54, 1.807) is 28.5 Å². The Balaban J connectivity index is 0.000000189. The predicted molar refractivity (Wildman–Crippen MR) is 187 cm³/mol. The van der Waals surface area contributed by atoms with Crippen molar-refractivity contribution in [3.8, 4) is 22.3 Å². The van der Waals surface area contributed by atoms with Crippen LogP contribution in [0.15, 0.2) is 140 Å². The van der Waals surface area contributed by atoms with E-state index in [0.717, 1.165) is 0 Å². The standard InChI is InChI=1S/2C17H15.C7H8Si.2ClH.Zr/c2*1-12-8-9-15-10-16(11-17(15)13(12)2)14-6-4-3-5-7-14;1-8-7-5-3-2-4-6-7;;;/h2*3-11H,1-2H3;2-6H,1H3;2*1H;/q2*-1;;;;+2/p-2. The van der Waals surface area contributed by atoms with Gasteiger partial charge in [-0.25, -0.2) is 0 Å². The van der Waals surface area contributed by atoms with E-state index in [9.17, 15) is 0 Å². The number of hydrogen-bond donors (Lipinski definition) is 0. The third-order valence-corrected chi connectivity index (χ3v) is 11.6. The third-order valence-electron chi connectivity index (χ3n) is 8.28. The van der Waals surface area contributed by atoms with Gasteiger partial charge in [0.05, 0.1) is 0 Å². The number of aryl methyl sites for hydroxylation is 4. The van der Waals surface area contributed by atoms with Gasteiger partial charge in [0, 0.05) is 0 Å². The second kappa shape index (κ2) is 17.1. The zero-order chi connectivity index (χ0) is 30.3. The topological polar surface area (TPSA) is 0 Å². The summed E-state index contributed by atoms with van der Waals surface area (Å²) in [5, 5.41) is 6.99. The number of rotatable bonds is 3. The van der Waals surface area contributed by atoms with Crippen LogP contribution in [-0.2, 0) is 23.3 Å². The summed E-state index contributed by atoms with van der Waals surface area (Å²) in [7, 11) is 0. The smallest absolute Gasteiger partial charge is 0.0408 e. The summed E-state index contributed by atoms with van der Waals surface area (Å²) < 4.78 is 0. The molecule has 0 spiro atoms. The Bertz CT molecular complexity index is 1850. The van der Waals surface area contributed by atoms with Crippen LogP contribution in [0.25, 0.3) is 43.8 Å². The maximum absolute atomic E-state index is 2.35. The minimum atomic E-state index is -0.122. The summed E-state index contributed by atoms with van der Waals surface area (Å²) in [6, 6.07) is 49.9. The van der Waals surface area contributed by atoms with E-state index in [4.69, 9.17) is 0 Å². The molecule has 0 bridgehead atoms. The van der Waals surface area contributed by atoms with Crippen molar-refractivity contribution in [2.75, 3.05) is 0 Å². The number of hydrogen-bond acceptors (Lipinski definition) is 0. The molecule has 45 heavy (non-hydrogen) atoms. The predicted octanol–water partition coefficient (Wildman–Crippen LogP) is 4.75. The Morgan fingerprint density at radius 1 is 0.489 bits per heavy atom. The fourth-order valence-electron chi connectivity index (χ4n) is 5.36. The van der Waals surface area contributed by atoms with Crippen molar-refractivity contribution >= 4 is 32.2 Å². The van der Waals surface area contributed by atoms with Crippen molar-refractivity contribution in [2.24, 2.45) is 0 Å². The van der Waals surface area contributed by atoms with Crippen LogP contribution in [0.1, 0.15) is 22.3 Å². The second-order valence-electron chi connectivity index (χ2n) is 11.2. The molecule has 0 saturated carbocycles. The van der Waals surface area contributed by atoms with Crippen LogP contribution in [0.4, 0.5) is 0 Å². The van der Waals surface area contributed by atoms with Crippen molar-refractivity contribution in [3.05, 3.63) is 162 Å². The molecule has 0 radical (unpaired) electrons. The minimum Gasteiger partial charge on any atom is -1.00 e. The van der Waals surface area contributed by atoms with E-state index in [1.807, 2.05) is 0 Å². The van der Waals surface area contributed by atoms with Gasteiger partial charge < -0.3 is 24.8 Å². The van der Waals surface area contributed by atoms with Crippen molar-refractivity contribution in [1.82, 2.24) is 0 Å². The largest absolute Gasteiger partial charge is 1.00 e. The number of benzene rings is 5. The van der Waals surface area contributed by atoms with E-state index in [2.05, 4.69) is 174 Å². The molecular weight excluding hydrogens is 683 g/mol. The molecule has 226 valence electrons. The molecule has 0 fully saturated rings. The normalized spacial score (nSPS) is 10.1. The van der Waals surface area contributed by atoms with Gasteiger partial charge in [0.2, 0.25) is 0 Å². The van der Waals surface area contributed by atoms with E-state index < -0.39 is 0 Å². The summed E-state index contributed by atoms with van der Waals surface area (Å²) in [5.41, 5.74) is 10.6. The molecular formula is C41H38Cl2SiZr-2. The van der Waals surface area contributed by atoms with E-state index in [-0.39, 0.29) is 30.2 Å². The quantitative estimate of drug-likeness (QED) is 0.183. The second-order valence-corrected chi connectivity index (χ2v) is 18.6. The van der Waals surface area contributed by atoms with Gasteiger partial charge in [0.15, 0.2) is 0 Å². The Kier molecular flexibility index (Phi) is 13.8. The Labute approximate surface area is 296 Å². The maximum Gasteiger partial charge on any atom is -0.0408 e. The molecule has 0 N–H and O–H groups in total. The first-order valence-electron chi connectivity index (χ1n) is 14.9. The Hall–Kier alpha value is -3.00. The summed E-state index contributed by atoms with van der Waals surface area (Å²) in [4.78, 5) is 0. The molecule has 0 aliphatic carbocycles. The SMILES string of the molecule is C[Si](=[Zr+2])c1ccccc1.Cc1ccc2[cH-]c(-c3ccccc3)cc2c1C.Cc1ccc2[cH-]c(-c3ccccc3)cc2c1C.[Cl-].[Cl-]. The summed E-state index contributed by atoms with van der Waals surface area (Å²) >= 11 is 1.69. The van der Waals surface area contributed by atoms with Crippen LogP contribution in [-0.4, -0.2) is 5.43 Å². The van der Waals surface area contributed by atoms with Crippen LogP contribution in [0.5, 0.6) is 0 Å². The number of fused-ring (bicyclic) bond motifs is 2. The Morgan fingerprint density at radius 2 is 0.844 bits per heavy atom. The summed E-state index contributed by atoms with van der Waals surface area (Å²) in [5.74, 6) is 0. The van der Waals surface area contributed by atoms with E-state index in [0.29, 0.717) is 0 Å². The average Bonchev–Trinajstić information content (AvgIpc) is 3.69. The molecule has 0 nitrogen and oxygen atoms in total. The van der Waals surface area contributed by atoms with Gasteiger partial charge in [-0.15, -0.1) is 69.1 Å². The molecule has 7 rings (SSSR count). The van der Waals surface area contributed by atoms with Crippen molar-refractivity contribution in [1.29, 1.82) is 0 Å². The van der Waals surface area contributed by atoms with Crippen molar-refractivity contribution in [2.45, 2.75) is 34.2 Å². The zero-order valence-corrected chi connectivity index (χ0v) is 31.5. The molecule has 0 atom stereocenters. The minimum absolute atomic E-state index is 0. The first-order chi connectivity index (χ1) is 20.8. The first-order valence-corrected chi connectivity index (χ1v) is 20.5.